The maximum Gasteiger partial charge on any atom is 0.127 e. The molecule has 4 heteroatoms. The van der Waals surface area contributed by atoms with Gasteiger partial charge in [0.25, 0.3) is 0 Å². The van der Waals surface area contributed by atoms with Gasteiger partial charge in [0, 0.05) is 11.4 Å². The Labute approximate surface area is 100.0 Å². The van der Waals surface area contributed by atoms with Crippen LogP contribution < -0.4 is 0 Å². The van der Waals surface area contributed by atoms with Crippen LogP contribution in [0.3, 0.4) is 0 Å². The highest BCUT2D eigenvalue weighted by Gasteiger charge is 2.10. The molecule has 0 aliphatic heterocycles. The molecule has 1 N–H and O–H groups in total. The smallest absolute Gasteiger partial charge is 0.127 e. The van der Waals surface area contributed by atoms with Crippen molar-refractivity contribution in [2.24, 2.45) is 0 Å². The minimum absolute atomic E-state index is 0.0599. The quantitative estimate of drug-likeness (QED) is 0.866. The molecule has 0 aliphatic carbocycles. The normalized spacial score (nSPS) is 13.1. The molecule has 0 spiro atoms. The van der Waals surface area contributed by atoms with Crippen molar-refractivity contribution in [1.29, 1.82) is 0 Å². The second kappa shape index (κ2) is 6.18. The Hall–Kier alpha value is -0.640. The van der Waals surface area contributed by atoms with E-state index in [9.17, 15) is 9.50 Å². The van der Waals surface area contributed by atoms with Gasteiger partial charge >= 0.3 is 0 Å². The summed E-state index contributed by atoms with van der Waals surface area (Å²) in [5, 5.41) is 9.98. The van der Waals surface area contributed by atoms with Gasteiger partial charge in [0.05, 0.1) is 18.8 Å². The minimum Gasteiger partial charge on any atom is -0.390 e. The summed E-state index contributed by atoms with van der Waals surface area (Å²) in [5.74, 6) is -0.393. The summed E-state index contributed by atoms with van der Waals surface area (Å²) in [5.41, 5.74) is 0.448. The largest absolute Gasteiger partial charge is 0.390 e. The number of aliphatic hydroxyl groups is 1. The molecule has 0 radical (unpaired) electrons. The van der Waals surface area contributed by atoms with E-state index in [2.05, 4.69) is 0 Å². The highest BCUT2D eigenvalue weighted by Crippen LogP contribution is 2.16. The topological polar surface area (TPSA) is 29.5 Å². The molecule has 1 aromatic rings. The lowest BCUT2D eigenvalue weighted by Crippen LogP contribution is -2.21. The predicted molar refractivity (Wildman–Crippen MR) is 62.2 cm³/mol. The second-order valence-corrected chi connectivity index (χ2v) is 4.41. The number of halogens is 2. The number of rotatable bonds is 5. The molecule has 16 heavy (non-hydrogen) atoms. The second-order valence-electron chi connectivity index (χ2n) is 3.98. The Balaban J connectivity index is 2.52. The van der Waals surface area contributed by atoms with Crippen molar-refractivity contribution in [3.63, 3.8) is 0 Å². The average Bonchev–Trinajstić information content (AvgIpc) is 2.19. The van der Waals surface area contributed by atoms with Crippen LogP contribution in [-0.2, 0) is 11.2 Å². The van der Waals surface area contributed by atoms with Gasteiger partial charge in [-0.3, -0.25) is 0 Å². The summed E-state index contributed by atoms with van der Waals surface area (Å²) >= 11 is 5.63. The van der Waals surface area contributed by atoms with Crippen LogP contribution in [0.2, 0.25) is 5.02 Å². The highest BCUT2D eigenvalue weighted by molar-refractivity contribution is 6.30. The zero-order chi connectivity index (χ0) is 12.1. The summed E-state index contributed by atoms with van der Waals surface area (Å²) in [7, 11) is 0. The van der Waals surface area contributed by atoms with Gasteiger partial charge < -0.3 is 9.84 Å². The number of hydrogen-bond donors (Lipinski definition) is 1. The van der Waals surface area contributed by atoms with Crippen LogP contribution in [-0.4, -0.2) is 23.9 Å². The van der Waals surface area contributed by atoms with Gasteiger partial charge in [-0.2, -0.15) is 0 Å². The molecular formula is C12H16ClFO2. The standard InChI is InChI=1S/C12H16ClFO2/c1-8(2)16-7-11(15)5-9-3-4-10(13)6-12(9)14/h3-4,6,8,11,15H,5,7H2,1-2H3. The first-order chi connectivity index (χ1) is 7.49. The fourth-order valence-electron chi connectivity index (χ4n) is 1.30. The molecule has 1 aromatic carbocycles. The molecule has 0 bridgehead atoms. The number of aliphatic hydroxyl groups excluding tert-OH is 1. The Morgan fingerprint density at radius 2 is 2.12 bits per heavy atom. The summed E-state index contributed by atoms with van der Waals surface area (Å²) in [6, 6.07) is 4.43. The van der Waals surface area contributed by atoms with E-state index in [1.54, 1.807) is 12.1 Å². The lowest BCUT2D eigenvalue weighted by atomic mass is 10.1. The van der Waals surface area contributed by atoms with E-state index >= 15 is 0 Å². The molecule has 0 heterocycles. The van der Waals surface area contributed by atoms with Crippen LogP contribution in [0, 0.1) is 5.82 Å². The molecule has 0 saturated heterocycles. The Kier molecular flexibility index (Phi) is 5.19. The Bertz CT molecular complexity index is 342. The molecular weight excluding hydrogens is 231 g/mol. The molecule has 0 amide bonds. The van der Waals surface area contributed by atoms with Gasteiger partial charge in [-0.05, 0) is 31.5 Å². The Morgan fingerprint density at radius 1 is 1.44 bits per heavy atom. The molecule has 1 rings (SSSR count). The molecule has 0 saturated carbocycles. The monoisotopic (exact) mass is 246 g/mol. The SMILES string of the molecule is CC(C)OCC(O)Cc1ccc(Cl)cc1F. The van der Waals surface area contributed by atoms with E-state index in [0.717, 1.165) is 0 Å². The van der Waals surface area contributed by atoms with E-state index in [-0.39, 0.29) is 19.1 Å². The van der Waals surface area contributed by atoms with Crippen LogP contribution in [0.25, 0.3) is 0 Å². The first-order valence-electron chi connectivity index (χ1n) is 5.22. The summed E-state index contributed by atoms with van der Waals surface area (Å²) in [6.45, 7) is 3.98. The fraction of sp³-hybridized carbons (Fsp3) is 0.500. The lowest BCUT2D eigenvalue weighted by molar-refractivity contribution is 0.00593. The van der Waals surface area contributed by atoms with Gasteiger partial charge in [0.15, 0.2) is 0 Å². The number of hydrogen-bond acceptors (Lipinski definition) is 2. The molecule has 0 fully saturated rings. The maximum absolute atomic E-state index is 13.4. The van der Waals surface area contributed by atoms with Gasteiger partial charge in [-0.15, -0.1) is 0 Å². The molecule has 1 unspecified atom stereocenters. The first kappa shape index (κ1) is 13.4. The van der Waals surface area contributed by atoms with Gasteiger partial charge in [-0.1, -0.05) is 17.7 Å². The van der Waals surface area contributed by atoms with Crippen LogP contribution >= 0.6 is 11.6 Å². The van der Waals surface area contributed by atoms with Crippen molar-refractivity contribution in [2.45, 2.75) is 32.5 Å². The van der Waals surface area contributed by atoms with E-state index in [0.29, 0.717) is 10.6 Å². The van der Waals surface area contributed by atoms with Crippen LogP contribution in [0.15, 0.2) is 18.2 Å². The van der Waals surface area contributed by atoms with Crippen molar-refractivity contribution in [3.8, 4) is 0 Å². The third-order valence-electron chi connectivity index (χ3n) is 2.09. The molecule has 2 nitrogen and oxygen atoms in total. The molecule has 1 atom stereocenters. The van der Waals surface area contributed by atoms with Gasteiger partial charge in [0.2, 0.25) is 0 Å². The zero-order valence-corrected chi connectivity index (χ0v) is 10.2. The zero-order valence-electron chi connectivity index (χ0n) is 9.41. The first-order valence-corrected chi connectivity index (χ1v) is 5.60. The van der Waals surface area contributed by atoms with Crippen molar-refractivity contribution in [1.82, 2.24) is 0 Å². The molecule has 90 valence electrons. The predicted octanol–water partition coefficient (Wildman–Crippen LogP) is 2.81. The van der Waals surface area contributed by atoms with E-state index in [1.165, 1.54) is 6.07 Å². The third kappa shape index (κ3) is 4.47. The van der Waals surface area contributed by atoms with Crippen molar-refractivity contribution in [2.75, 3.05) is 6.61 Å². The lowest BCUT2D eigenvalue weighted by Gasteiger charge is -2.13. The average molecular weight is 247 g/mol. The summed E-state index contributed by atoms with van der Waals surface area (Å²) in [6.07, 6.45) is -0.404. The van der Waals surface area contributed by atoms with Gasteiger partial charge in [0.1, 0.15) is 5.82 Å². The molecule has 0 aromatic heterocycles. The Morgan fingerprint density at radius 3 is 2.69 bits per heavy atom. The highest BCUT2D eigenvalue weighted by atomic mass is 35.5. The van der Waals surface area contributed by atoms with Crippen molar-refractivity contribution in [3.05, 3.63) is 34.6 Å². The van der Waals surface area contributed by atoms with E-state index in [1.807, 2.05) is 13.8 Å². The maximum atomic E-state index is 13.4. The number of benzene rings is 1. The summed E-state index contributed by atoms with van der Waals surface area (Å²) < 4.78 is 18.6. The summed E-state index contributed by atoms with van der Waals surface area (Å²) in [4.78, 5) is 0. The van der Waals surface area contributed by atoms with E-state index in [4.69, 9.17) is 16.3 Å². The third-order valence-corrected chi connectivity index (χ3v) is 2.33. The van der Waals surface area contributed by atoms with Crippen molar-refractivity contribution >= 4 is 11.6 Å². The number of ether oxygens (including phenoxy) is 1. The van der Waals surface area contributed by atoms with Crippen LogP contribution in [0.4, 0.5) is 4.39 Å². The van der Waals surface area contributed by atoms with Gasteiger partial charge in [-0.25, -0.2) is 4.39 Å². The molecule has 0 aliphatic rings. The fourth-order valence-corrected chi connectivity index (χ4v) is 1.46. The minimum atomic E-state index is -0.696. The van der Waals surface area contributed by atoms with Crippen LogP contribution in [0.5, 0.6) is 0 Å². The van der Waals surface area contributed by atoms with Crippen molar-refractivity contribution < 1.29 is 14.2 Å². The van der Waals surface area contributed by atoms with Crippen LogP contribution in [0.1, 0.15) is 19.4 Å². The van der Waals surface area contributed by atoms with E-state index < -0.39 is 11.9 Å².